The van der Waals surface area contributed by atoms with E-state index in [0.29, 0.717) is 11.3 Å². The number of anilines is 2. The van der Waals surface area contributed by atoms with Gasteiger partial charge in [-0.1, -0.05) is 12.1 Å². The van der Waals surface area contributed by atoms with Crippen LogP contribution in [-0.4, -0.2) is 13.0 Å². The zero-order valence-electron chi connectivity index (χ0n) is 9.93. The Morgan fingerprint density at radius 3 is 2.33 bits per heavy atom. The summed E-state index contributed by atoms with van der Waals surface area (Å²) in [5, 5.41) is 0. The van der Waals surface area contributed by atoms with E-state index in [0.717, 1.165) is 9.26 Å². The SMILES string of the molecule is CN(C(=O)c1ccc(I)cc1)c1ccccc1N. The predicted octanol–water partition coefficient (Wildman–Crippen LogP) is 3.15. The number of rotatable bonds is 2. The molecule has 0 spiro atoms. The van der Waals surface area contributed by atoms with Gasteiger partial charge in [0.2, 0.25) is 0 Å². The molecule has 0 aliphatic heterocycles. The summed E-state index contributed by atoms with van der Waals surface area (Å²) in [6, 6.07) is 14.8. The summed E-state index contributed by atoms with van der Waals surface area (Å²) >= 11 is 2.21. The highest BCUT2D eigenvalue weighted by Crippen LogP contribution is 2.22. The molecule has 2 aromatic rings. The molecule has 0 aliphatic carbocycles. The molecule has 0 bridgehead atoms. The van der Waals surface area contributed by atoms with Crippen LogP contribution in [0.3, 0.4) is 0 Å². The Hall–Kier alpha value is -1.56. The van der Waals surface area contributed by atoms with Crippen molar-refractivity contribution >= 4 is 39.9 Å². The molecule has 2 aromatic carbocycles. The highest BCUT2D eigenvalue weighted by atomic mass is 127. The van der Waals surface area contributed by atoms with Crippen molar-refractivity contribution in [2.75, 3.05) is 17.7 Å². The molecule has 0 saturated carbocycles. The lowest BCUT2D eigenvalue weighted by molar-refractivity contribution is 0.0993. The van der Waals surface area contributed by atoms with Crippen LogP contribution in [-0.2, 0) is 0 Å². The topological polar surface area (TPSA) is 46.3 Å². The van der Waals surface area contributed by atoms with Gasteiger partial charge in [-0.2, -0.15) is 0 Å². The van der Waals surface area contributed by atoms with Gasteiger partial charge >= 0.3 is 0 Å². The van der Waals surface area contributed by atoms with Gasteiger partial charge in [-0.15, -0.1) is 0 Å². The Bertz CT molecular complexity index is 566. The van der Waals surface area contributed by atoms with Crippen molar-refractivity contribution in [2.24, 2.45) is 0 Å². The van der Waals surface area contributed by atoms with Crippen molar-refractivity contribution in [2.45, 2.75) is 0 Å². The normalized spacial score (nSPS) is 10.1. The van der Waals surface area contributed by atoms with Crippen molar-refractivity contribution in [1.82, 2.24) is 0 Å². The molecule has 0 unspecified atom stereocenters. The first-order chi connectivity index (χ1) is 8.59. The van der Waals surface area contributed by atoms with E-state index in [1.54, 1.807) is 18.0 Å². The summed E-state index contributed by atoms with van der Waals surface area (Å²) in [4.78, 5) is 13.8. The van der Waals surface area contributed by atoms with E-state index < -0.39 is 0 Å². The lowest BCUT2D eigenvalue weighted by Crippen LogP contribution is -2.26. The second kappa shape index (κ2) is 5.39. The minimum absolute atomic E-state index is 0.0655. The molecule has 4 heteroatoms. The number of amides is 1. The monoisotopic (exact) mass is 352 g/mol. The summed E-state index contributed by atoms with van der Waals surface area (Å²) in [6.07, 6.45) is 0. The maximum Gasteiger partial charge on any atom is 0.258 e. The summed E-state index contributed by atoms with van der Waals surface area (Å²) in [5.74, 6) is -0.0655. The molecule has 2 rings (SSSR count). The number of nitrogens with zero attached hydrogens (tertiary/aromatic N) is 1. The molecule has 0 saturated heterocycles. The van der Waals surface area contributed by atoms with Crippen molar-refractivity contribution in [3.63, 3.8) is 0 Å². The van der Waals surface area contributed by atoms with E-state index in [-0.39, 0.29) is 5.91 Å². The van der Waals surface area contributed by atoms with Crippen LogP contribution in [0.4, 0.5) is 11.4 Å². The molecule has 0 aromatic heterocycles. The van der Waals surface area contributed by atoms with Crippen LogP contribution in [0.2, 0.25) is 0 Å². The van der Waals surface area contributed by atoms with Crippen molar-refractivity contribution in [1.29, 1.82) is 0 Å². The Morgan fingerprint density at radius 2 is 1.72 bits per heavy atom. The zero-order valence-corrected chi connectivity index (χ0v) is 12.1. The third-order valence-corrected chi connectivity index (χ3v) is 3.41. The standard InChI is InChI=1S/C14H13IN2O/c1-17(13-5-3-2-4-12(13)16)14(18)10-6-8-11(15)9-7-10/h2-9H,16H2,1H3. The fraction of sp³-hybridized carbons (Fsp3) is 0.0714. The maximum absolute atomic E-state index is 12.3. The highest BCUT2D eigenvalue weighted by molar-refractivity contribution is 14.1. The number of nitrogen functional groups attached to an aromatic ring is 1. The molecular formula is C14H13IN2O. The number of hydrogen-bond donors (Lipinski definition) is 1. The molecule has 0 atom stereocenters. The third kappa shape index (κ3) is 2.64. The average Bonchev–Trinajstić information content (AvgIpc) is 2.38. The quantitative estimate of drug-likeness (QED) is 0.667. The van der Waals surface area contributed by atoms with Crippen molar-refractivity contribution < 1.29 is 4.79 Å². The molecule has 2 N–H and O–H groups in total. The van der Waals surface area contributed by atoms with Crippen LogP contribution in [0, 0.1) is 3.57 Å². The zero-order chi connectivity index (χ0) is 13.1. The summed E-state index contributed by atoms with van der Waals surface area (Å²) < 4.78 is 1.10. The Labute approximate surface area is 120 Å². The largest absolute Gasteiger partial charge is 0.397 e. The lowest BCUT2D eigenvalue weighted by atomic mass is 10.2. The number of benzene rings is 2. The highest BCUT2D eigenvalue weighted by Gasteiger charge is 2.14. The molecule has 1 amide bonds. The Morgan fingerprint density at radius 1 is 1.11 bits per heavy atom. The van der Waals surface area contributed by atoms with Crippen molar-refractivity contribution in [3.05, 3.63) is 57.7 Å². The molecule has 0 fully saturated rings. The van der Waals surface area contributed by atoms with E-state index in [2.05, 4.69) is 22.6 Å². The minimum Gasteiger partial charge on any atom is -0.397 e. The third-order valence-electron chi connectivity index (χ3n) is 2.69. The van der Waals surface area contributed by atoms with Gasteiger partial charge in [0.15, 0.2) is 0 Å². The van der Waals surface area contributed by atoms with Gasteiger partial charge in [-0.25, -0.2) is 0 Å². The number of halogens is 1. The average molecular weight is 352 g/mol. The van der Waals surface area contributed by atoms with Crippen LogP contribution in [0.25, 0.3) is 0 Å². The number of carbonyl (C=O) groups excluding carboxylic acids is 1. The molecule has 0 heterocycles. The molecular weight excluding hydrogens is 339 g/mol. The first-order valence-corrected chi connectivity index (χ1v) is 6.55. The van der Waals surface area contributed by atoms with Gasteiger partial charge in [0, 0.05) is 16.2 Å². The number of hydrogen-bond acceptors (Lipinski definition) is 2. The van der Waals surface area contributed by atoms with E-state index in [1.807, 2.05) is 42.5 Å². The van der Waals surface area contributed by atoms with E-state index in [1.165, 1.54) is 0 Å². The van der Waals surface area contributed by atoms with E-state index in [9.17, 15) is 4.79 Å². The molecule has 3 nitrogen and oxygen atoms in total. The van der Waals surface area contributed by atoms with Gasteiger partial charge in [0.1, 0.15) is 0 Å². The fourth-order valence-corrected chi connectivity index (χ4v) is 2.05. The Kier molecular flexibility index (Phi) is 3.86. The minimum atomic E-state index is -0.0655. The van der Waals surface area contributed by atoms with Crippen LogP contribution >= 0.6 is 22.6 Å². The van der Waals surface area contributed by atoms with Gasteiger partial charge < -0.3 is 10.6 Å². The van der Waals surface area contributed by atoms with E-state index >= 15 is 0 Å². The molecule has 0 aliphatic rings. The number of nitrogens with two attached hydrogens (primary N) is 1. The van der Waals surface area contributed by atoms with Crippen LogP contribution < -0.4 is 10.6 Å². The summed E-state index contributed by atoms with van der Waals surface area (Å²) in [5.41, 5.74) is 7.84. The smallest absolute Gasteiger partial charge is 0.258 e. The molecule has 0 radical (unpaired) electrons. The Balaban J connectivity index is 2.29. The summed E-state index contributed by atoms with van der Waals surface area (Å²) in [6.45, 7) is 0. The summed E-state index contributed by atoms with van der Waals surface area (Å²) in [7, 11) is 1.73. The van der Waals surface area contributed by atoms with Gasteiger partial charge in [0.25, 0.3) is 5.91 Å². The van der Waals surface area contributed by atoms with Gasteiger partial charge in [0.05, 0.1) is 11.4 Å². The fourth-order valence-electron chi connectivity index (χ4n) is 1.69. The second-order valence-electron chi connectivity index (χ2n) is 3.93. The molecule has 18 heavy (non-hydrogen) atoms. The van der Waals surface area contributed by atoms with Crippen molar-refractivity contribution in [3.8, 4) is 0 Å². The predicted molar refractivity (Wildman–Crippen MR) is 82.7 cm³/mol. The van der Waals surface area contributed by atoms with Crippen LogP contribution in [0.15, 0.2) is 48.5 Å². The number of para-hydroxylation sites is 2. The first-order valence-electron chi connectivity index (χ1n) is 5.47. The first kappa shape index (κ1) is 12.9. The van der Waals surface area contributed by atoms with Gasteiger partial charge in [-0.3, -0.25) is 4.79 Å². The van der Waals surface area contributed by atoms with Gasteiger partial charge in [-0.05, 0) is 59.0 Å². The van der Waals surface area contributed by atoms with E-state index in [4.69, 9.17) is 5.73 Å². The second-order valence-corrected chi connectivity index (χ2v) is 5.18. The van der Waals surface area contributed by atoms with Crippen LogP contribution in [0.1, 0.15) is 10.4 Å². The van der Waals surface area contributed by atoms with Crippen LogP contribution in [0.5, 0.6) is 0 Å². The maximum atomic E-state index is 12.3. The lowest BCUT2D eigenvalue weighted by Gasteiger charge is -2.19. The molecule has 92 valence electrons. The number of carbonyl (C=O) groups is 1.